The number of amides is 1. The Morgan fingerprint density at radius 1 is 1.12 bits per heavy atom. The van der Waals surface area contributed by atoms with E-state index in [4.69, 9.17) is 27.9 Å². The summed E-state index contributed by atoms with van der Waals surface area (Å²) >= 11 is 14.8. The highest BCUT2D eigenvalue weighted by Gasteiger charge is 2.32. The number of thiophene rings is 2. The molecule has 1 amide bonds. The lowest BCUT2D eigenvalue weighted by Crippen LogP contribution is -2.27. The van der Waals surface area contributed by atoms with Crippen molar-refractivity contribution in [2.45, 2.75) is 18.6 Å². The Balaban J connectivity index is 1.59. The van der Waals surface area contributed by atoms with E-state index < -0.39 is 14.6 Å². The van der Waals surface area contributed by atoms with Gasteiger partial charge in [0.15, 0.2) is 15.6 Å². The van der Waals surface area contributed by atoms with Crippen LogP contribution in [0.2, 0.25) is 9.49 Å². The Morgan fingerprint density at radius 3 is 2.55 bits per heavy atom. The number of aromatic nitrogens is 1. The van der Waals surface area contributed by atoms with Crippen LogP contribution in [0.1, 0.15) is 29.1 Å². The molecule has 1 aromatic carbocycles. The molecule has 0 aliphatic heterocycles. The number of ether oxygens (including phenoxy) is 1. The second-order valence-electron chi connectivity index (χ2n) is 7.78. The number of fused-ring (bicyclic) bond motifs is 1. The molecule has 172 valence electrons. The minimum Gasteiger partial charge on any atom is -0.436 e. The molecule has 0 saturated heterocycles. The first-order valence-electron chi connectivity index (χ1n) is 9.57. The van der Waals surface area contributed by atoms with Crippen molar-refractivity contribution in [2.24, 2.45) is 0 Å². The highest BCUT2D eigenvalue weighted by Crippen LogP contribution is 2.36. The van der Waals surface area contributed by atoms with Gasteiger partial charge in [0.2, 0.25) is 5.88 Å². The van der Waals surface area contributed by atoms with Crippen LogP contribution in [0.3, 0.4) is 0 Å². The zero-order valence-electron chi connectivity index (χ0n) is 17.7. The van der Waals surface area contributed by atoms with E-state index >= 15 is 0 Å². The van der Waals surface area contributed by atoms with Crippen LogP contribution in [0.15, 0.2) is 47.8 Å². The first kappa shape index (κ1) is 24.0. The minimum absolute atomic E-state index is 0.151. The summed E-state index contributed by atoms with van der Waals surface area (Å²) in [6.45, 7) is 3.33. The maximum absolute atomic E-state index is 12.9. The van der Waals surface area contributed by atoms with Gasteiger partial charge in [-0.15, -0.1) is 22.7 Å². The molecular weight excluding hydrogens is 523 g/mol. The summed E-state index contributed by atoms with van der Waals surface area (Å²) in [5.74, 6) is 0.315. The van der Waals surface area contributed by atoms with Gasteiger partial charge in [-0.1, -0.05) is 29.3 Å². The van der Waals surface area contributed by atoms with Crippen LogP contribution in [0.25, 0.3) is 10.1 Å². The average molecular weight is 542 g/mol. The average Bonchev–Trinajstić information content (AvgIpc) is 3.32. The molecule has 0 aliphatic rings. The third kappa shape index (κ3) is 5.02. The van der Waals surface area contributed by atoms with Gasteiger partial charge < -0.3 is 10.1 Å². The van der Waals surface area contributed by atoms with Gasteiger partial charge in [-0.25, -0.2) is 13.4 Å². The van der Waals surface area contributed by atoms with Gasteiger partial charge in [0.25, 0.3) is 5.91 Å². The number of benzene rings is 1. The smallest absolute Gasteiger partial charge is 0.265 e. The molecule has 0 unspecified atom stereocenters. The summed E-state index contributed by atoms with van der Waals surface area (Å²) in [5, 5.41) is 5.54. The van der Waals surface area contributed by atoms with E-state index in [1.165, 1.54) is 35.0 Å². The van der Waals surface area contributed by atoms with E-state index in [0.29, 0.717) is 26.2 Å². The van der Waals surface area contributed by atoms with Crippen LogP contribution in [0.5, 0.6) is 11.6 Å². The molecule has 0 spiro atoms. The number of anilines is 1. The first-order chi connectivity index (χ1) is 15.4. The van der Waals surface area contributed by atoms with Gasteiger partial charge in [-0.2, -0.15) is 0 Å². The zero-order chi connectivity index (χ0) is 24.0. The lowest BCUT2D eigenvalue weighted by Gasteiger charge is -2.23. The summed E-state index contributed by atoms with van der Waals surface area (Å²) in [5.41, 5.74) is 1.08. The quantitative estimate of drug-likeness (QED) is 0.266. The van der Waals surface area contributed by atoms with Crippen molar-refractivity contribution in [3.05, 3.63) is 67.8 Å². The molecule has 4 rings (SSSR count). The first-order valence-corrected chi connectivity index (χ1v) is 13.9. The summed E-state index contributed by atoms with van der Waals surface area (Å²) in [6.07, 6.45) is 1.22. The molecule has 0 fully saturated rings. The maximum Gasteiger partial charge on any atom is 0.265 e. The molecule has 4 aromatic rings. The van der Waals surface area contributed by atoms with E-state index in [1.807, 2.05) is 12.1 Å². The van der Waals surface area contributed by atoms with Crippen molar-refractivity contribution < 1.29 is 17.9 Å². The topological polar surface area (TPSA) is 85.4 Å². The van der Waals surface area contributed by atoms with Crippen LogP contribution < -0.4 is 10.1 Å². The molecule has 0 radical (unpaired) electrons. The van der Waals surface area contributed by atoms with Crippen molar-refractivity contribution in [3.63, 3.8) is 0 Å². The van der Waals surface area contributed by atoms with Crippen LogP contribution in [0.4, 0.5) is 5.69 Å². The summed E-state index contributed by atoms with van der Waals surface area (Å²) in [6, 6.07) is 11.9. The molecule has 3 aromatic heterocycles. The Kier molecular flexibility index (Phi) is 6.45. The molecule has 3 heterocycles. The molecule has 1 N–H and O–H groups in total. The van der Waals surface area contributed by atoms with E-state index in [9.17, 15) is 13.2 Å². The number of hydrogen-bond acceptors (Lipinski definition) is 7. The Labute approximate surface area is 209 Å². The zero-order valence-corrected chi connectivity index (χ0v) is 21.6. The lowest BCUT2D eigenvalue weighted by atomic mass is 10.0. The summed E-state index contributed by atoms with van der Waals surface area (Å²) in [7, 11) is -3.32. The molecule has 6 nitrogen and oxygen atoms in total. The van der Waals surface area contributed by atoms with Gasteiger partial charge in [-0.3, -0.25) is 4.79 Å². The number of sulfone groups is 1. The second-order valence-corrected chi connectivity index (χ2v) is 13.3. The molecule has 0 saturated carbocycles. The van der Waals surface area contributed by atoms with Gasteiger partial charge in [0.1, 0.15) is 9.49 Å². The number of carbonyl (C=O) groups excluding carboxylic acids is 1. The fourth-order valence-corrected chi connectivity index (χ4v) is 5.49. The normalized spacial score (nSPS) is 12.2. The number of rotatable bonds is 6. The summed E-state index contributed by atoms with van der Waals surface area (Å²) < 4.78 is 30.3. The molecule has 0 aliphatic carbocycles. The van der Waals surface area contributed by atoms with Crippen LogP contribution >= 0.6 is 45.9 Å². The van der Waals surface area contributed by atoms with E-state index in [0.717, 1.165) is 10.1 Å². The van der Waals surface area contributed by atoms with E-state index in [-0.39, 0.29) is 16.9 Å². The fraction of sp³-hybridized carbons (Fsp3) is 0.182. The monoisotopic (exact) mass is 540 g/mol. The standard InChI is InChI=1S/C22H18Cl2N2O4S3/c1-22(2,33(3,28)29)13-4-5-16-12(8-13)9-17(32-16)21(27)25-14-10-18(23)26-19(11-14)30-15-6-7-31-20(15)24/h4-11H,1-3H3,(H,25,26,27). The van der Waals surface area contributed by atoms with Gasteiger partial charge >= 0.3 is 0 Å². The van der Waals surface area contributed by atoms with Gasteiger partial charge in [0, 0.05) is 22.7 Å². The van der Waals surface area contributed by atoms with Crippen molar-refractivity contribution in [1.29, 1.82) is 0 Å². The number of pyridine rings is 1. The van der Waals surface area contributed by atoms with Crippen molar-refractivity contribution >= 4 is 77.4 Å². The van der Waals surface area contributed by atoms with Gasteiger partial charge in [-0.05, 0) is 60.5 Å². The van der Waals surface area contributed by atoms with E-state index in [1.54, 1.807) is 43.5 Å². The predicted molar refractivity (Wildman–Crippen MR) is 136 cm³/mol. The van der Waals surface area contributed by atoms with E-state index in [2.05, 4.69) is 10.3 Å². The van der Waals surface area contributed by atoms with Crippen LogP contribution in [-0.4, -0.2) is 25.6 Å². The third-order valence-electron chi connectivity index (χ3n) is 5.19. The second kappa shape index (κ2) is 8.88. The van der Waals surface area contributed by atoms with Crippen LogP contribution in [-0.2, 0) is 14.6 Å². The lowest BCUT2D eigenvalue weighted by molar-refractivity contribution is 0.103. The summed E-state index contributed by atoms with van der Waals surface area (Å²) in [4.78, 5) is 17.5. The highest BCUT2D eigenvalue weighted by atomic mass is 35.5. The number of hydrogen-bond donors (Lipinski definition) is 1. The molecule has 33 heavy (non-hydrogen) atoms. The largest absolute Gasteiger partial charge is 0.436 e. The molecule has 0 bridgehead atoms. The van der Waals surface area contributed by atoms with Crippen molar-refractivity contribution in [2.75, 3.05) is 11.6 Å². The van der Waals surface area contributed by atoms with Crippen molar-refractivity contribution in [1.82, 2.24) is 4.98 Å². The molecule has 11 heteroatoms. The number of carbonyl (C=O) groups is 1. The van der Waals surface area contributed by atoms with Gasteiger partial charge in [0.05, 0.1) is 9.62 Å². The van der Waals surface area contributed by atoms with Crippen molar-refractivity contribution in [3.8, 4) is 11.6 Å². The molecular formula is C22H18Cl2N2O4S3. The Morgan fingerprint density at radius 2 is 1.88 bits per heavy atom. The Bertz CT molecular complexity index is 1480. The fourth-order valence-electron chi connectivity index (χ4n) is 3.00. The highest BCUT2D eigenvalue weighted by molar-refractivity contribution is 7.91. The third-order valence-corrected chi connectivity index (χ3v) is 9.72. The molecule has 0 atom stereocenters. The Hall–Kier alpha value is -2.17. The number of halogens is 2. The minimum atomic E-state index is -3.32. The predicted octanol–water partition coefficient (Wildman–Crippen LogP) is 6.99. The number of nitrogens with zero attached hydrogens (tertiary/aromatic N) is 1. The number of nitrogens with one attached hydrogen (secondary N) is 1. The van der Waals surface area contributed by atoms with Crippen LogP contribution in [0, 0.1) is 0 Å². The maximum atomic E-state index is 12.9. The SMILES string of the molecule is CC(C)(c1ccc2sc(C(=O)Nc3cc(Cl)nc(Oc4ccsc4Cl)c3)cc2c1)S(C)(=O)=O.